The molecule has 1 unspecified atom stereocenters. The standard InChI is InChI=1S/C14H22BrN3O/c1-4-11-14(15)13(17(3)16-11)9-18-8-6-5-7-12(18)10(2)19/h12H,4-9H2,1-3H3. The van der Waals surface area contributed by atoms with Crippen LogP contribution in [-0.2, 0) is 24.8 Å². The van der Waals surface area contributed by atoms with Crippen LogP contribution in [0.15, 0.2) is 4.47 Å². The van der Waals surface area contributed by atoms with E-state index < -0.39 is 0 Å². The summed E-state index contributed by atoms with van der Waals surface area (Å²) >= 11 is 3.65. The van der Waals surface area contributed by atoms with E-state index >= 15 is 0 Å². The van der Waals surface area contributed by atoms with Crippen molar-refractivity contribution < 1.29 is 4.79 Å². The molecular formula is C14H22BrN3O. The maximum absolute atomic E-state index is 11.8. The van der Waals surface area contributed by atoms with Crippen LogP contribution in [0.25, 0.3) is 0 Å². The number of aryl methyl sites for hydroxylation is 2. The first-order valence-corrected chi connectivity index (χ1v) is 7.78. The normalized spacial score (nSPS) is 20.7. The Hall–Kier alpha value is -0.680. The predicted octanol–water partition coefficient (Wildman–Crippen LogP) is 2.69. The number of hydrogen-bond donors (Lipinski definition) is 0. The molecule has 1 aliphatic heterocycles. The number of nitrogens with zero attached hydrogens (tertiary/aromatic N) is 3. The summed E-state index contributed by atoms with van der Waals surface area (Å²) in [5, 5.41) is 4.52. The summed E-state index contributed by atoms with van der Waals surface area (Å²) in [6.45, 7) is 5.62. The van der Waals surface area contributed by atoms with E-state index in [9.17, 15) is 4.79 Å². The van der Waals surface area contributed by atoms with Gasteiger partial charge in [0.25, 0.3) is 0 Å². The van der Waals surface area contributed by atoms with Gasteiger partial charge < -0.3 is 0 Å². The molecule has 1 aliphatic rings. The fourth-order valence-electron chi connectivity index (χ4n) is 2.82. The molecular weight excluding hydrogens is 306 g/mol. The molecule has 0 amide bonds. The molecule has 2 heterocycles. The first-order valence-electron chi connectivity index (χ1n) is 6.99. The zero-order valence-corrected chi connectivity index (χ0v) is 13.5. The van der Waals surface area contributed by atoms with Crippen LogP contribution >= 0.6 is 15.9 Å². The van der Waals surface area contributed by atoms with E-state index in [-0.39, 0.29) is 11.8 Å². The van der Waals surface area contributed by atoms with Crippen molar-refractivity contribution in [1.82, 2.24) is 14.7 Å². The summed E-state index contributed by atoms with van der Waals surface area (Å²) in [7, 11) is 1.98. The van der Waals surface area contributed by atoms with Crippen molar-refractivity contribution in [2.45, 2.75) is 52.1 Å². The molecule has 5 heteroatoms. The maximum atomic E-state index is 11.8. The van der Waals surface area contributed by atoms with Crippen molar-refractivity contribution in [1.29, 1.82) is 0 Å². The van der Waals surface area contributed by atoms with Crippen LogP contribution < -0.4 is 0 Å². The van der Waals surface area contributed by atoms with Gasteiger partial charge in [0.15, 0.2) is 0 Å². The molecule has 2 rings (SSSR count). The number of piperidine rings is 1. The Morgan fingerprint density at radius 2 is 2.21 bits per heavy atom. The molecule has 1 aromatic rings. The number of likely N-dealkylation sites (tertiary alicyclic amines) is 1. The van der Waals surface area contributed by atoms with Crippen LogP contribution in [0, 0.1) is 0 Å². The summed E-state index contributed by atoms with van der Waals surface area (Å²) in [5.41, 5.74) is 2.26. The second-order valence-electron chi connectivity index (χ2n) is 5.28. The molecule has 19 heavy (non-hydrogen) atoms. The lowest BCUT2D eigenvalue weighted by Gasteiger charge is -2.34. The van der Waals surface area contributed by atoms with Crippen molar-refractivity contribution in [3.05, 3.63) is 15.9 Å². The molecule has 1 atom stereocenters. The number of hydrogen-bond acceptors (Lipinski definition) is 3. The first-order chi connectivity index (χ1) is 9.04. The summed E-state index contributed by atoms with van der Waals surface area (Å²) in [6.07, 6.45) is 4.25. The molecule has 0 N–H and O–H groups in total. The van der Waals surface area contributed by atoms with E-state index in [1.807, 2.05) is 11.7 Å². The van der Waals surface area contributed by atoms with Gasteiger partial charge in [0.1, 0.15) is 5.78 Å². The SMILES string of the molecule is CCc1nn(C)c(CN2CCCCC2C(C)=O)c1Br. The van der Waals surface area contributed by atoms with Crippen molar-refractivity contribution in [2.24, 2.45) is 7.05 Å². The van der Waals surface area contributed by atoms with E-state index in [1.54, 1.807) is 6.92 Å². The highest BCUT2D eigenvalue weighted by atomic mass is 79.9. The highest BCUT2D eigenvalue weighted by molar-refractivity contribution is 9.10. The Labute approximate surface area is 123 Å². The van der Waals surface area contributed by atoms with Crippen LogP contribution in [0.5, 0.6) is 0 Å². The van der Waals surface area contributed by atoms with Crippen LogP contribution in [0.3, 0.4) is 0 Å². The topological polar surface area (TPSA) is 38.1 Å². The summed E-state index contributed by atoms with van der Waals surface area (Å²) in [5.74, 6) is 0.286. The highest BCUT2D eigenvalue weighted by Crippen LogP contribution is 2.26. The Balaban J connectivity index is 2.19. The van der Waals surface area contributed by atoms with Crippen molar-refractivity contribution in [3.63, 3.8) is 0 Å². The number of ketones is 1. The van der Waals surface area contributed by atoms with Crippen LogP contribution in [-0.4, -0.2) is 33.1 Å². The molecule has 4 nitrogen and oxygen atoms in total. The third-order valence-corrected chi connectivity index (χ3v) is 4.85. The van der Waals surface area contributed by atoms with Gasteiger partial charge in [0.2, 0.25) is 0 Å². The monoisotopic (exact) mass is 327 g/mol. The number of rotatable bonds is 4. The van der Waals surface area contributed by atoms with Crippen molar-refractivity contribution >= 4 is 21.7 Å². The van der Waals surface area contributed by atoms with Gasteiger partial charge in [-0.1, -0.05) is 13.3 Å². The van der Waals surface area contributed by atoms with Crippen LogP contribution in [0.4, 0.5) is 0 Å². The summed E-state index contributed by atoms with van der Waals surface area (Å²) in [4.78, 5) is 14.1. The second kappa shape index (κ2) is 6.18. The zero-order chi connectivity index (χ0) is 14.0. The third kappa shape index (κ3) is 3.08. The summed E-state index contributed by atoms with van der Waals surface area (Å²) in [6, 6.07) is 0.0839. The lowest BCUT2D eigenvalue weighted by atomic mass is 9.99. The van der Waals surface area contributed by atoms with E-state index in [2.05, 4.69) is 32.9 Å². The second-order valence-corrected chi connectivity index (χ2v) is 6.07. The highest BCUT2D eigenvalue weighted by Gasteiger charge is 2.27. The molecule has 1 aromatic heterocycles. The number of carbonyl (C=O) groups excluding carboxylic acids is 1. The Morgan fingerprint density at radius 1 is 1.47 bits per heavy atom. The smallest absolute Gasteiger partial charge is 0.146 e. The number of Topliss-reactive ketones (excluding diaryl/α,β-unsaturated/α-hetero) is 1. The molecule has 0 bridgehead atoms. The third-order valence-electron chi connectivity index (χ3n) is 3.94. The maximum Gasteiger partial charge on any atom is 0.146 e. The minimum Gasteiger partial charge on any atom is -0.298 e. The van der Waals surface area contributed by atoms with E-state index in [0.717, 1.165) is 42.5 Å². The van der Waals surface area contributed by atoms with Gasteiger partial charge in [-0.2, -0.15) is 5.10 Å². The number of halogens is 1. The number of aromatic nitrogens is 2. The van der Waals surface area contributed by atoms with Gasteiger partial charge in [-0.05, 0) is 48.7 Å². The molecule has 1 fully saturated rings. The molecule has 0 aliphatic carbocycles. The van der Waals surface area contributed by atoms with Gasteiger partial charge >= 0.3 is 0 Å². The lowest BCUT2D eigenvalue weighted by molar-refractivity contribution is -0.123. The molecule has 0 spiro atoms. The average molecular weight is 328 g/mol. The fourth-order valence-corrected chi connectivity index (χ4v) is 3.57. The fraction of sp³-hybridized carbons (Fsp3) is 0.714. The number of carbonyl (C=O) groups is 1. The largest absolute Gasteiger partial charge is 0.298 e. The Morgan fingerprint density at radius 3 is 2.79 bits per heavy atom. The Bertz CT molecular complexity index is 470. The lowest BCUT2D eigenvalue weighted by Crippen LogP contribution is -2.43. The minimum absolute atomic E-state index is 0.0839. The van der Waals surface area contributed by atoms with Crippen LogP contribution in [0.1, 0.15) is 44.5 Å². The average Bonchev–Trinajstić information content (AvgIpc) is 2.66. The first kappa shape index (κ1) is 14.7. The Kier molecular flexibility index (Phi) is 4.79. The van der Waals surface area contributed by atoms with Gasteiger partial charge in [-0.25, -0.2) is 0 Å². The van der Waals surface area contributed by atoms with Gasteiger partial charge in [-0.15, -0.1) is 0 Å². The molecule has 0 saturated carbocycles. The van der Waals surface area contributed by atoms with E-state index in [1.165, 1.54) is 12.1 Å². The van der Waals surface area contributed by atoms with E-state index in [0.29, 0.717) is 0 Å². The van der Waals surface area contributed by atoms with Gasteiger partial charge in [0, 0.05) is 13.6 Å². The summed E-state index contributed by atoms with van der Waals surface area (Å²) < 4.78 is 3.04. The molecule has 0 aromatic carbocycles. The van der Waals surface area contributed by atoms with Gasteiger partial charge in [0.05, 0.1) is 21.9 Å². The zero-order valence-electron chi connectivity index (χ0n) is 11.9. The molecule has 0 radical (unpaired) electrons. The minimum atomic E-state index is 0.0839. The van der Waals surface area contributed by atoms with Gasteiger partial charge in [-0.3, -0.25) is 14.4 Å². The molecule has 1 saturated heterocycles. The van der Waals surface area contributed by atoms with Crippen molar-refractivity contribution in [2.75, 3.05) is 6.54 Å². The quantitative estimate of drug-likeness (QED) is 0.853. The van der Waals surface area contributed by atoms with Crippen LogP contribution in [0.2, 0.25) is 0 Å². The van der Waals surface area contributed by atoms with E-state index in [4.69, 9.17) is 0 Å². The predicted molar refractivity (Wildman–Crippen MR) is 79.0 cm³/mol. The molecule has 106 valence electrons. The van der Waals surface area contributed by atoms with Crippen molar-refractivity contribution in [3.8, 4) is 0 Å².